The first-order valence-electron chi connectivity index (χ1n) is 6.95. The van der Waals surface area contributed by atoms with E-state index in [1.807, 2.05) is 18.2 Å². The zero-order valence-corrected chi connectivity index (χ0v) is 13.4. The Hall–Kier alpha value is -1.37. The molecule has 1 aliphatic rings. The van der Waals surface area contributed by atoms with Crippen molar-refractivity contribution < 1.29 is 9.47 Å². The number of nitrogens with zero attached hydrogens (tertiary/aromatic N) is 1. The van der Waals surface area contributed by atoms with Crippen LogP contribution >= 0.6 is 15.9 Å². The monoisotopic (exact) mass is 351 g/mol. The Bertz CT molecular complexity index is 589. The molecule has 1 fully saturated rings. The molecule has 1 aromatic heterocycles. The molecule has 3 rings (SSSR count). The summed E-state index contributed by atoms with van der Waals surface area (Å²) in [6.45, 7) is 1.50. The summed E-state index contributed by atoms with van der Waals surface area (Å²) in [6.07, 6.45) is 2.77. The number of H-pyrrole nitrogens is 1. The molecular formula is C15H18BrN3O2. The minimum atomic E-state index is 0.0330. The number of ether oxygens (including phenoxy) is 2. The van der Waals surface area contributed by atoms with E-state index < -0.39 is 0 Å². The largest absolute Gasteiger partial charge is 0.495 e. The second kappa shape index (κ2) is 6.60. The van der Waals surface area contributed by atoms with Crippen molar-refractivity contribution in [3.63, 3.8) is 0 Å². The molecule has 21 heavy (non-hydrogen) atoms. The molecule has 1 aromatic carbocycles. The first kappa shape index (κ1) is 14.6. The normalized spacial score (nSPS) is 21.6. The first-order valence-corrected chi connectivity index (χ1v) is 7.74. The molecule has 0 bridgehead atoms. The van der Waals surface area contributed by atoms with Crippen LogP contribution in [-0.4, -0.2) is 30.0 Å². The van der Waals surface area contributed by atoms with E-state index in [-0.39, 0.29) is 12.1 Å². The van der Waals surface area contributed by atoms with Crippen LogP contribution in [0.15, 0.2) is 34.9 Å². The molecular weight excluding hydrogens is 334 g/mol. The van der Waals surface area contributed by atoms with Crippen molar-refractivity contribution in [3.8, 4) is 5.75 Å². The van der Waals surface area contributed by atoms with Crippen molar-refractivity contribution in [3.05, 3.63) is 46.2 Å². The molecule has 112 valence electrons. The molecule has 2 atom stereocenters. The summed E-state index contributed by atoms with van der Waals surface area (Å²) in [6, 6.07) is 8.30. The molecule has 2 aromatic rings. The van der Waals surface area contributed by atoms with Gasteiger partial charge in [-0.15, -0.1) is 0 Å². The van der Waals surface area contributed by atoms with E-state index in [0.29, 0.717) is 0 Å². The van der Waals surface area contributed by atoms with Crippen LogP contribution in [-0.2, 0) is 11.3 Å². The van der Waals surface area contributed by atoms with Gasteiger partial charge in [-0.05, 0) is 34.5 Å². The maximum absolute atomic E-state index is 5.80. The number of aromatic nitrogens is 2. The third kappa shape index (κ3) is 3.12. The highest BCUT2D eigenvalue weighted by Crippen LogP contribution is 2.31. The summed E-state index contributed by atoms with van der Waals surface area (Å²) in [7, 11) is 1.69. The Morgan fingerprint density at radius 1 is 1.48 bits per heavy atom. The second-order valence-corrected chi connectivity index (χ2v) is 5.87. The molecule has 2 N–H and O–H groups in total. The highest BCUT2D eigenvalue weighted by atomic mass is 79.9. The maximum Gasteiger partial charge on any atom is 0.137 e. The van der Waals surface area contributed by atoms with E-state index in [1.54, 1.807) is 13.3 Å². The first-order chi connectivity index (χ1) is 10.3. The quantitative estimate of drug-likeness (QED) is 0.869. The van der Waals surface area contributed by atoms with Gasteiger partial charge >= 0.3 is 0 Å². The number of methoxy groups -OCH3 is 1. The molecule has 0 saturated carbocycles. The molecule has 0 amide bonds. The Kier molecular flexibility index (Phi) is 4.57. The Morgan fingerprint density at radius 2 is 2.38 bits per heavy atom. The van der Waals surface area contributed by atoms with Gasteiger partial charge in [-0.25, -0.2) is 0 Å². The third-order valence-corrected chi connectivity index (χ3v) is 4.35. The van der Waals surface area contributed by atoms with Gasteiger partial charge in [0.25, 0.3) is 0 Å². The molecule has 1 saturated heterocycles. The van der Waals surface area contributed by atoms with Gasteiger partial charge in [0.1, 0.15) is 11.9 Å². The minimum absolute atomic E-state index is 0.0330. The number of hydrogen-bond donors (Lipinski definition) is 2. The average molecular weight is 352 g/mol. The highest BCUT2D eigenvalue weighted by Gasteiger charge is 2.30. The van der Waals surface area contributed by atoms with E-state index >= 15 is 0 Å². The molecule has 1 aliphatic heterocycles. The number of rotatable bonds is 5. The van der Waals surface area contributed by atoms with Crippen LogP contribution < -0.4 is 10.1 Å². The van der Waals surface area contributed by atoms with Crippen LogP contribution in [0.3, 0.4) is 0 Å². The SMILES string of the molecule is COc1c(Br)cccc1CN[C@H]1CCO[C@@H]1c1ccn[nH]1. The zero-order valence-electron chi connectivity index (χ0n) is 11.8. The lowest BCUT2D eigenvalue weighted by atomic mass is 10.1. The van der Waals surface area contributed by atoms with Crippen molar-refractivity contribution in [1.82, 2.24) is 15.5 Å². The van der Waals surface area contributed by atoms with Gasteiger partial charge in [0.15, 0.2) is 0 Å². The summed E-state index contributed by atoms with van der Waals surface area (Å²) in [4.78, 5) is 0. The molecule has 0 aliphatic carbocycles. The fourth-order valence-corrected chi connectivity index (χ4v) is 3.26. The molecule has 0 unspecified atom stereocenters. The van der Waals surface area contributed by atoms with Gasteiger partial charge in [-0.2, -0.15) is 5.10 Å². The summed E-state index contributed by atoms with van der Waals surface area (Å²) in [5, 5.41) is 10.6. The number of benzene rings is 1. The number of nitrogens with one attached hydrogen (secondary N) is 2. The topological polar surface area (TPSA) is 59.2 Å². The summed E-state index contributed by atoms with van der Waals surface area (Å²) < 4.78 is 12.2. The summed E-state index contributed by atoms with van der Waals surface area (Å²) >= 11 is 3.51. The van der Waals surface area contributed by atoms with Crippen LogP contribution in [0.4, 0.5) is 0 Å². The number of hydrogen-bond acceptors (Lipinski definition) is 4. The van der Waals surface area contributed by atoms with Crippen LogP contribution in [0.1, 0.15) is 23.8 Å². The van der Waals surface area contributed by atoms with Gasteiger partial charge in [0.05, 0.1) is 17.3 Å². The predicted octanol–water partition coefficient (Wildman–Crippen LogP) is 2.80. The summed E-state index contributed by atoms with van der Waals surface area (Å²) in [5.41, 5.74) is 2.15. The van der Waals surface area contributed by atoms with Gasteiger partial charge < -0.3 is 14.8 Å². The van der Waals surface area contributed by atoms with Crippen LogP contribution in [0.25, 0.3) is 0 Å². The van der Waals surface area contributed by atoms with Crippen molar-refractivity contribution in [2.75, 3.05) is 13.7 Å². The Balaban J connectivity index is 1.69. The van der Waals surface area contributed by atoms with Gasteiger partial charge in [0.2, 0.25) is 0 Å². The molecule has 0 spiro atoms. The molecule has 2 heterocycles. The lowest BCUT2D eigenvalue weighted by molar-refractivity contribution is 0.0950. The third-order valence-electron chi connectivity index (χ3n) is 3.73. The molecule has 6 heteroatoms. The minimum Gasteiger partial charge on any atom is -0.495 e. The lowest BCUT2D eigenvalue weighted by Gasteiger charge is -2.19. The fourth-order valence-electron chi connectivity index (χ4n) is 2.69. The fraction of sp³-hybridized carbons (Fsp3) is 0.400. The number of para-hydroxylation sites is 1. The van der Waals surface area contributed by atoms with E-state index in [2.05, 4.69) is 37.5 Å². The molecule has 5 nitrogen and oxygen atoms in total. The van der Waals surface area contributed by atoms with Crippen LogP contribution in [0.2, 0.25) is 0 Å². The Morgan fingerprint density at radius 3 is 3.14 bits per heavy atom. The van der Waals surface area contributed by atoms with E-state index in [0.717, 1.165) is 41.1 Å². The van der Waals surface area contributed by atoms with Crippen LogP contribution in [0, 0.1) is 0 Å². The highest BCUT2D eigenvalue weighted by molar-refractivity contribution is 9.10. The van der Waals surface area contributed by atoms with Gasteiger partial charge in [0, 0.05) is 31.0 Å². The maximum atomic E-state index is 5.80. The summed E-state index contributed by atoms with van der Waals surface area (Å²) in [5.74, 6) is 0.877. The van der Waals surface area contributed by atoms with E-state index in [9.17, 15) is 0 Å². The number of halogens is 1. The average Bonchev–Trinajstić information content (AvgIpc) is 3.15. The standard InChI is InChI=1S/C15H18BrN3O2/c1-20-14-10(3-2-4-11(14)16)9-17-12-6-8-21-15(12)13-5-7-18-19-13/h2-5,7,12,15,17H,6,8-9H2,1H3,(H,18,19)/t12-,15-/m0/s1. The van der Waals surface area contributed by atoms with Crippen LogP contribution in [0.5, 0.6) is 5.75 Å². The Labute approximate surface area is 132 Å². The van der Waals surface area contributed by atoms with Crippen molar-refractivity contribution in [1.29, 1.82) is 0 Å². The van der Waals surface area contributed by atoms with Crippen molar-refractivity contribution >= 4 is 15.9 Å². The second-order valence-electron chi connectivity index (χ2n) is 5.01. The zero-order chi connectivity index (χ0) is 14.7. The van der Waals surface area contributed by atoms with Gasteiger partial charge in [-0.1, -0.05) is 12.1 Å². The van der Waals surface area contributed by atoms with Gasteiger partial charge in [-0.3, -0.25) is 5.10 Å². The lowest BCUT2D eigenvalue weighted by Crippen LogP contribution is -2.31. The predicted molar refractivity (Wildman–Crippen MR) is 83.2 cm³/mol. The van der Waals surface area contributed by atoms with Crippen molar-refractivity contribution in [2.24, 2.45) is 0 Å². The van der Waals surface area contributed by atoms with E-state index in [1.165, 1.54) is 0 Å². The number of aromatic amines is 1. The van der Waals surface area contributed by atoms with Crippen molar-refractivity contribution in [2.45, 2.75) is 25.1 Å². The molecule has 0 radical (unpaired) electrons. The smallest absolute Gasteiger partial charge is 0.137 e. The van der Waals surface area contributed by atoms with E-state index in [4.69, 9.17) is 9.47 Å².